The van der Waals surface area contributed by atoms with Crippen molar-refractivity contribution in [1.29, 1.82) is 0 Å². The Morgan fingerprint density at radius 1 is 0.963 bits per heavy atom. The number of fused-ring (bicyclic) bond motifs is 2. The van der Waals surface area contributed by atoms with Crippen LogP contribution in [-0.4, -0.2) is 19.5 Å². The number of oxazole rings is 1. The first kappa shape index (κ1) is 17.1. The highest BCUT2D eigenvalue weighted by Crippen LogP contribution is 2.35. The standard InChI is InChI=1S/C15H6F6N4O2/c16-14(17,18)10-4-3-8-11(24-10)25(12(22-8)15(19,20)21)6-1-2-7-9(5-6)27-13(26)23-7/h1-5H,(H,23,26). The van der Waals surface area contributed by atoms with Gasteiger partial charge in [-0.2, -0.15) is 26.3 Å². The zero-order chi connectivity index (χ0) is 19.6. The molecule has 3 aromatic heterocycles. The van der Waals surface area contributed by atoms with E-state index in [4.69, 9.17) is 4.42 Å². The minimum Gasteiger partial charge on any atom is -0.408 e. The van der Waals surface area contributed by atoms with Gasteiger partial charge in [0.25, 0.3) is 0 Å². The highest BCUT2D eigenvalue weighted by atomic mass is 19.4. The van der Waals surface area contributed by atoms with Crippen molar-refractivity contribution in [2.45, 2.75) is 12.4 Å². The molecule has 0 aliphatic carbocycles. The number of nitrogens with zero attached hydrogens (tertiary/aromatic N) is 3. The number of nitrogens with one attached hydrogen (secondary N) is 1. The third kappa shape index (κ3) is 2.82. The molecule has 1 aromatic carbocycles. The molecule has 1 N–H and O–H groups in total. The zero-order valence-electron chi connectivity index (χ0n) is 12.8. The first-order valence-electron chi connectivity index (χ1n) is 7.21. The number of aromatic nitrogens is 4. The van der Waals surface area contributed by atoms with Gasteiger partial charge >= 0.3 is 18.1 Å². The molecule has 27 heavy (non-hydrogen) atoms. The minimum atomic E-state index is -4.97. The van der Waals surface area contributed by atoms with Crippen LogP contribution in [0.5, 0.6) is 0 Å². The first-order valence-corrected chi connectivity index (χ1v) is 7.21. The predicted molar refractivity (Wildman–Crippen MR) is 79.3 cm³/mol. The number of benzene rings is 1. The number of halogens is 6. The van der Waals surface area contributed by atoms with Gasteiger partial charge < -0.3 is 4.42 Å². The van der Waals surface area contributed by atoms with Gasteiger partial charge in [0.1, 0.15) is 11.2 Å². The summed E-state index contributed by atoms with van der Waals surface area (Å²) in [5.41, 5.74) is -2.43. The van der Waals surface area contributed by atoms with Crippen LogP contribution in [0.1, 0.15) is 11.5 Å². The van der Waals surface area contributed by atoms with Gasteiger partial charge in [-0.15, -0.1) is 0 Å². The smallest absolute Gasteiger partial charge is 0.408 e. The number of imidazole rings is 1. The largest absolute Gasteiger partial charge is 0.450 e. The summed E-state index contributed by atoms with van der Waals surface area (Å²) in [6, 6.07) is 4.87. The average Bonchev–Trinajstić information content (AvgIpc) is 3.11. The molecule has 0 radical (unpaired) electrons. The monoisotopic (exact) mass is 388 g/mol. The molecule has 0 atom stereocenters. The van der Waals surface area contributed by atoms with E-state index >= 15 is 0 Å². The van der Waals surface area contributed by atoms with E-state index in [1.165, 1.54) is 12.1 Å². The van der Waals surface area contributed by atoms with Crippen molar-refractivity contribution in [2.24, 2.45) is 0 Å². The molecule has 4 aromatic rings. The lowest BCUT2D eigenvalue weighted by Gasteiger charge is -2.11. The quantitative estimate of drug-likeness (QED) is 0.502. The molecule has 4 rings (SSSR count). The molecular weight excluding hydrogens is 382 g/mol. The molecule has 12 heteroatoms. The molecule has 0 saturated heterocycles. The fourth-order valence-corrected chi connectivity index (χ4v) is 2.62. The van der Waals surface area contributed by atoms with E-state index < -0.39 is 35.3 Å². The fraction of sp³-hybridized carbons (Fsp3) is 0.133. The van der Waals surface area contributed by atoms with Crippen molar-refractivity contribution in [1.82, 2.24) is 19.5 Å². The van der Waals surface area contributed by atoms with Gasteiger partial charge in [0, 0.05) is 6.07 Å². The van der Waals surface area contributed by atoms with E-state index in [2.05, 4.69) is 15.0 Å². The Morgan fingerprint density at radius 2 is 1.70 bits per heavy atom. The van der Waals surface area contributed by atoms with E-state index in [9.17, 15) is 31.1 Å². The van der Waals surface area contributed by atoms with E-state index in [0.29, 0.717) is 10.6 Å². The Morgan fingerprint density at radius 3 is 2.37 bits per heavy atom. The summed E-state index contributed by atoms with van der Waals surface area (Å²) in [5.74, 6) is -2.28. The van der Waals surface area contributed by atoms with E-state index in [-0.39, 0.29) is 22.3 Å². The maximum atomic E-state index is 13.4. The van der Waals surface area contributed by atoms with Crippen molar-refractivity contribution in [3.05, 3.63) is 52.4 Å². The van der Waals surface area contributed by atoms with Gasteiger partial charge in [-0.1, -0.05) is 0 Å². The molecule has 140 valence electrons. The third-order valence-corrected chi connectivity index (χ3v) is 3.71. The fourth-order valence-electron chi connectivity index (χ4n) is 2.62. The first-order chi connectivity index (χ1) is 12.5. The summed E-state index contributed by atoms with van der Waals surface area (Å²) in [6.07, 6.45) is -9.81. The molecule has 0 saturated carbocycles. The van der Waals surface area contributed by atoms with Gasteiger partial charge in [0.05, 0.1) is 11.2 Å². The maximum Gasteiger partial charge on any atom is 0.450 e. The van der Waals surface area contributed by atoms with Gasteiger partial charge in [-0.05, 0) is 24.3 Å². The van der Waals surface area contributed by atoms with Crippen LogP contribution in [0.2, 0.25) is 0 Å². The summed E-state index contributed by atoms with van der Waals surface area (Å²) in [4.78, 5) is 20.2. The topological polar surface area (TPSA) is 76.7 Å². The molecule has 6 nitrogen and oxygen atoms in total. The lowest BCUT2D eigenvalue weighted by atomic mass is 10.2. The van der Waals surface area contributed by atoms with Crippen molar-refractivity contribution >= 4 is 22.3 Å². The number of alkyl halides is 6. The zero-order valence-corrected chi connectivity index (χ0v) is 12.8. The lowest BCUT2D eigenvalue weighted by molar-refractivity contribution is -0.145. The molecule has 0 amide bonds. The second-order valence-corrected chi connectivity index (χ2v) is 5.50. The number of rotatable bonds is 1. The number of H-pyrrole nitrogens is 1. The average molecular weight is 388 g/mol. The Labute approximate surface area is 144 Å². The number of hydrogen-bond acceptors (Lipinski definition) is 4. The highest BCUT2D eigenvalue weighted by Gasteiger charge is 2.40. The molecule has 0 aliphatic heterocycles. The van der Waals surface area contributed by atoms with Gasteiger partial charge in [0.2, 0.25) is 5.82 Å². The Bertz CT molecular complexity index is 1230. The molecule has 0 spiro atoms. The summed E-state index contributed by atoms with van der Waals surface area (Å²) in [7, 11) is 0. The number of pyridine rings is 1. The minimum absolute atomic E-state index is 0.0700. The highest BCUT2D eigenvalue weighted by molar-refractivity contribution is 5.79. The normalized spacial score (nSPS) is 13.0. The molecule has 3 heterocycles. The van der Waals surface area contributed by atoms with Crippen LogP contribution >= 0.6 is 0 Å². The van der Waals surface area contributed by atoms with Crippen LogP contribution in [0.3, 0.4) is 0 Å². The Kier molecular flexibility index (Phi) is 3.39. The summed E-state index contributed by atoms with van der Waals surface area (Å²) >= 11 is 0. The van der Waals surface area contributed by atoms with Gasteiger partial charge in [0.15, 0.2) is 11.2 Å². The molecule has 0 aliphatic rings. The van der Waals surface area contributed by atoms with Gasteiger partial charge in [-0.25, -0.2) is 14.8 Å². The molecular formula is C15H6F6N4O2. The Balaban J connectivity index is 2.06. The maximum absolute atomic E-state index is 13.4. The van der Waals surface area contributed by atoms with Crippen molar-refractivity contribution in [3.8, 4) is 5.69 Å². The second kappa shape index (κ2) is 5.34. The van der Waals surface area contributed by atoms with Crippen molar-refractivity contribution < 1.29 is 30.8 Å². The van der Waals surface area contributed by atoms with E-state index in [1.54, 1.807) is 0 Å². The van der Waals surface area contributed by atoms with Crippen LogP contribution in [0.4, 0.5) is 26.3 Å². The number of hydrogen-bond donors (Lipinski definition) is 1. The van der Waals surface area contributed by atoms with E-state index in [1.807, 2.05) is 0 Å². The van der Waals surface area contributed by atoms with Crippen LogP contribution in [0, 0.1) is 0 Å². The number of aromatic amines is 1. The summed E-state index contributed by atoms with van der Waals surface area (Å²) in [6.45, 7) is 0. The SMILES string of the molecule is O=c1[nH]c2ccc(-n3c(C(F)(F)F)nc4ccc(C(F)(F)F)nc43)cc2o1. The Hall–Kier alpha value is -3.31. The lowest BCUT2D eigenvalue weighted by Crippen LogP contribution is -2.14. The molecule has 0 fully saturated rings. The summed E-state index contributed by atoms with van der Waals surface area (Å²) in [5, 5.41) is 0. The summed E-state index contributed by atoms with van der Waals surface area (Å²) < 4.78 is 84.3. The van der Waals surface area contributed by atoms with Crippen molar-refractivity contribution in [3.63, 3.8) is 0 Å². The van der Waals surface area contributed by atoms with Crippen LogP contribution < -0.4 is 5.76 Å². The van der Waals surface area contributed by atoms with E-state index in [0.717, 1.165) is 12.1 Å². The van der Waals surface area contributed by atoms with Crippen LogP contribution in [0.25, 0.3) is 28.0 Å². The predicted octanol–water partition coefficient (Wildman–Crippen LogP) is 3.89. The van der Waals surface area contributed by atoms with Crippen molar-refractivity contribution in [2.75, 3.05) is 0 Å². The van der Waals surface area contributed by atoms with Gasteiger partial charge in [-0.3, -0.25) is 9.55 Å². The second-order valence-electron chi connectivity index (χ2n) is 5.50. The molecule has 0 bridgehead atoms. The van der Waals surface area contributed by atoms with Crippen LogP contribution in [-0.2, 0) is 12.4 Å². The molecule has 0 unspecified atom stereocenters. The third-order valence-electron chi connectivity index (χ3n) is 3.71. The van der Waals surface area contributed by atoms with Crippen LogP contribution in [0.15, 0.2) is 39.5 Å².